The van der Waals surface area contributed by atoms with Crippen molar-refractivity contribution in [3.8, 4) is 0 Å². The van der Waals surface area contributed by atoms with E-state index in [0.717, 1.165) is 11.4 Å². The molecule has 2 aromatic rings. The van der Waals surface area contributed by atoms with Gasteiger partial charge in [0, 0.05) is 17.7 Å². The van der Waals surface area contributed by atoms with E-state index in [-0.39, 0.29) is 10.6 Å². The lowest BCUT2D eigenvalue weighted by Crippen LogP contribution is -2.24. The second-order valence-electron chi connectivity index (χ2n) is 5.19. The Morgan fingerprint density at radius 3 is 2.86 bits per heavy atom. The normalized spacial score (nSPS) is 11.0. The summed E-state index contributed by atoms with van der Waals surface area (Å²) >= 11 is 0. The van der Waals surface area contributed by atoms with Crippen molar-refractivity contribution in [3.63, 3.8) is 0 Å². The smallest absolute Gasteiger partial charge is 0.272 e. The van der Waals surface area contributed by atoms with E-state index in [9.17, 15) is 10.1 Å². The van der Waals surface area contributed by atoms with Crippen LogP contribution in [0.25, 0.3) is 0 Å². The van der Waals surface area contributed by atoms with Crippen LogP contribution in [0.15, 0.2) is 24.5 Å². The van der Waals surface area contributed by atoms with Gasteiger partial charge in [0.1, 0.15) is 12.2 Å². The lowest BCUT2D eigenvalue weighted by molar-refractivity contribution is -0.385. The Kier molecular flexibility index (Phi) is 4.64. The zero-order chi connectivity index (χ0) is 15.4. The zero-order valence-corrected chi connectivity index (χ0v) is 12.4. The van der Waals surface area contributed by atoms with E-state index in [2.05, 4.69) is 29.2 Å². The first kappa shape index (κ1) is 15.1. The molecule has 112 valence electrons. The van der Waals surface area contributed by atoms with Crippen LogP contribution < -0.4 is 5.32 Å². The summed E-state index contributed by atoms with van der Waals surface area (Å²) < 4.78 is 1.77. The zero-order valence-electron chi connectivity index (χ0n) is 12.4. The third-order valence-corrected chi connectivity index (χ3v) is 3.30. The highest BCUT2D eigenvalue weighted by molar-refractivity contribution is 5.44. The molecule has 0 saturated heterocycles. The summed E-state index contributed by atoms with van der Waals surface area (Å²) in [4.78, 5) is 14.8. The molecule has 1 aromatic heterocycles. The van der Waals surface area contributed by atoms with Crippen molar-refractivity contribution in [2.45, 2.75) is 39.9 Å². The quantitative estimate of drug-likeness (QED) is 0.649. The van der Waals surface area contributed by atoms with Crippen molar-refractivity contribution < 1.29 is 4.92 Å². The molecule has 0 saturated carbocycles. The van der Waals surface area contributed by atoms with Crippen LogP contribution in [-0.2, 0) is 13.1 Å². The van der Waals surface area contributed by atoms with Gasteiger partial charge in [-0.3, -0.25) is 10.1 Å². The molecule has 0 aliphatic heterocycles. The van der Waals surface area contributed by atoms with Gasteiger partial charge in [0.05, 0.1) is 18.0 Å². The lowest BCUT2D eigenvalue weighted by atomic mass is 10.1. The molecule has 0 radical (unpaired) electrons. The number of nitro benzene ring substituents is 1. The molecule has 7 heteroatoms. The van der Waals surface area contributed by atoms with Gasteiger partial charge in [0.2, 0.25) is 0 Å². The van der Waals surface area contributed by atoms with Crippen LogP contribution in [0.2, 0.25) is 0 Å². The van der Waals surface area contributed by atoms with E-state index in [0.29, 0.717) is 24.7 Å². The number of hydrogen-bond donors (Lipinski definition) is 1. The van der Waals surface area contributed by atoms with E-state index < -0.39 is 0 Å². The first-order valence-electron chi connectivity index (χ1n) is 6.82. The minimum Gasteiger partial charge on any atom is -0.308 e. The van der Waals surface area contributed by atoms with Crippen LogP contribution in [0.1, 0.15) is 30.8 Å². The van der Waals surface area contributed by atoms with Crippen LogP contribution in [0.3, 0.4) is 0 Å². The Balaban J connectivity index is 2.21. The number of aromatic nitrogens is 3. The van der Waals surface area contributed by atoms with Crippen molar-refractivity contribution >= 4 is 5.69 Å². The van der Waals surface area contributed by atoms with E-state index in [1.54, 1.807) is 17.7 Å². The van der Waals surface area contributed by atoms with Gasteiger partial charge in [-0.15, -0.1) is 0 Å². The van der Waals surface area contributed by atoms with Gasteiger partial charge in [-0.05, 0) is 12.5 Å². The minimum atomic E-state index is -0.360. The van der Waals surface area contributed by atoms with Gasteiger partial charge in [-0.25, -0.2) is 9.67 Å². The Bertz CT molecular complexity index is 636. The second kappa shape index (κ2) is 6.45. The van der Waals surface area contributed by atoms with Crippen LogP contribution in [0.5, 0.6) is 0 Å². The molecule has 21 heavy (non-hydrogen) atoms. The molecular formula is C14H19N5O2. The molecule has 1 aromatic carbocycles. The molecule has 0 bridgehead atoms. The third kappa shape index (κ3) is 3.63. The highest BCUT2D eigenvalue weighted by Gasteiger charge is 2.14. The average Bonchev–Trinajstić information content (AvgIpc) is 2.85. The molecule has 7 nitrogen and oxygen atoms in total. The molecule has 0 amide bonds. The molecule has 1 N–H and O–H groups in total. The molecule has 0 unspecified atom stereocenters. The van der Waals surface area contributed by atoms with Gasteiger partial charge < -0.3 is 5.32 Å². The first-order chi connectivity index (χ1) is 9.99. The SMILES string of the molecule is Cc1c(Cn2ncnc2CNC(C)C)cccc1[N+](=O)[O-]. The molecule has 0 atom stereocenters. The van der Waals surface area contributed by atoms with Gasteiger partial charge in [-0.2, -0.15) is 5.10 Å². The maximum Gasteiger partial charge on any atom is 0.272 e. The predicted molar refractivity (Wildman–Crippen MR) is 78.9 cm³/mol. The topological polar surface area (TPSA) is 85.9 Å². The lowest BCUT2D eigenvalue weighted by Gasteiger charge is -2.11. The highest BCUT2D eigenvalue weighted by Crippen LogP contribution is 2.21. The largest absolute Gasteiger partial charge is 0.308 e. The summed E-state index contributed by atoms with van der Waals surface area (Å²) in [7, 11) is 0. The van der Waals surface area contributed by atoms with Gasteiger partial charge in [0.15, 0.2) is 0 Å². The standard InChI is InChI=1S/C14H19N5O2/c1-10(2)15-7-14-16-9-17-18(14)8-12-5-4-6-13(11(12)3)19(20)21/h4-6,9-10,15H,7-8H2,1-3H3. The summed E-state index contributed by atoms with van der Waals surface area (Å²) in [5.74, 6) is 0.814. The highest BCUT2D eigenvalue weighted by atomic mass is 16.6. The average molecular weight is 289 g/mol. The van der Waals surface area contributed by atoms with Gasteiger partial charge >= 0.3 is 0 Å². The van der Waals surface area contributed by atoms with Crippen molar-refractivity contribution in [3.05, 3.63) is 51.6 Å². The summed E-state index contributed by atoms with van der Waals surface area (Å²) in [6.45, 7) is 6.97. The van der Waals surface area contributed by atoms with Gasteiger partial charge in [-0.1, -0.05) is 26.0 Å². The van der Waals surface area contributed by atoms with E-state index >= 15 is 0 Å². The fourth-order valence-electron chi connectivity index (χ4n) is 2.05. The van der Waals surface area contributed by atoms with Crippen LogP contribution in [0, 0.1) is 17.0 Å². The fraction of sp³-hybridized carbons (Fsp3) is 0.429. The monoisotopic (exact) mass is 289 g/mol. The number of hydrogen-bond acceptors (Lipinski definition) is 5. The molecular weight excluding hydrogens is 270 g/mol. The number of nitro groups is 1. The molecule has 0 aliphatic rings. The molecule has 1 heterocycles. The van der Waals surface area contributed by atoms with E-state index in [4.69, 9.17) is 0 Å². The number of rotatable bonds is 6. The summed E-state index contributed by atoms with van der Waals surface area (Å²) in [5, 5.41) is 18.5. The van der Waals surface area contributed by atoms with Crippen molar-refractivity contribution in [1.29, 1.82) is 0 Å². The fourth-order valence-corrected chi connectivity index (χ4v) is 2.05. The van der Waals surface area contributed by atoms with Crippen molar-refractivity contribution in [1.82, 2.24) is 20.1 Å². The maximum atomic E-state index is 11.0. The predicted octanol–water partition coefficient (Wildman–Crippen LogP) is 2.04. The van der Waals surface area contributed by atoms with Crippen LogP contribution in [-0.4, -0.2) is 25.7 Å². The summed E-state index contributed by atoms with van der Waals surface area (Å²) in [5.41, 5.74) is 1.68. The number of benzene rings is 1. The minimum absolute atomic E-state index is 0.134. The Morgan fingerprint density at radius 2 is 2.19 bits per heavy atom. The molecule has 0 aliphatic carbocycles. The van der Waals surface area contributed by atoms with Crippen molar-refractivity contribution in [2.24, 2.45) is 0 Å². The number of nitrogens with zero attached hydrogens (tertiary/aromatic N) is 4. The first-order valence-corrected chi connectivity index (χ1v) is 6.82. The second-order valence-corrected chi connectivity index (χ2v) is 5.19. The van der Waals surface area contributed by atoms with Crippen LogP contribution in [0.4, 0.5) is 5.69 Å². The van der Waals surface area contributed by atoms with Crippen LogP contribution >= 0.6 is 0 Å². The molecule has 0 fully saturated rings. The summed E-state index contributed by atoms with van der Waals surface area (Å²) in [6, 6.07) is 5.45. The number of nitrogens with one attached hydrogen (secondary N) is 1. The molecule has 2 rings (SSSR count). The Morgan fingerprint density at radius 1 is 1.43 bits per heavy atom. The molecule has 0 spiro atoms. The Labute approximate surface area is 123 Å². The Hall–Kier alpha value is -2.28. The van der Waals surface area contributed by atoms with E-state index in [1.165, 1.54) is 12.4 Å². The summed E-state index contributed by atoms with van der Waals surface area (Å²) in [6.07, 6.45) is 1.50. The maximum absolute atomic E-state index is 11.0. The van der Waals surface area contributed by atoms with E-state index in [1.807, 2.05) is 6.07 Å². The van der Waals surface area contributed by atoms with Crippen molar-refractivity contribution in [2.75, 3.05) is 0 Å². The van der Waals surface area contributed by atoms with Gasteiger partial charge in [0.25, 0.3) is 5.69 Å². The third-order valence-electron chi connectivity index (χ3n) is 3.30.